The summed E-state index contributed by atoms with van der Waals surface area (Å²) in [7, 11) is 0. The van der Waals surface area contributed by atoms with E-state index in [0.717, 1.165) is 0 Å². The first kappa shape index (κ1) is 14.4. The first-order chi connectivity index (χ1) is 9.69. The SMILES string of the molecule is CC(C)(C)c1ccc(C(C)(C)C)c2c1[CH]c1ccccc1-2. The van der Waals surface area contributed by atoms with Gasteiger partial charge >= 0.3 is 0 Å². The topological polar surface area (TPSA) is 0 Å². The molecule has 2 aromatic rings. The summed E-state index contributed by atoms with van der Waals surface area (Å²) in [6.45, 7) is 13.8. The summed E-state index contributed by atoms with van der Waals surface area (Å²) in [6, 6.07) is 13.5. The minimum atomic E-state index is 0.159. The minimum Gasteiger partial charge on any atom is -0.0619 e. The second-order valence-electron chi connectivity index (χ2n) is 8.18. The van der Waals surface area contributed by atoms with Crippen molar-refractivity contribution < 1.29 is 0 Å². The molecule has 109 valence electrons. The molecule has 0 atom stereocenters. The van der Waals surface area contributed by atoms with Crippen LogP contribution in [0.5, 0.6) is 0 Å². The molecule has 0 bridgehead atoms. The second-order valence-corrected chi connectivity index (χ2v) is 8.18. The average molecular weight is 277 g/mol. The van der Waals surface area contributed by atoms with E-state index >= 15 is 0 Å². The lowest BCUT2D eigenvalue weighted by Gasteiger charge is -2.28. The van der Waals surface area contributed by atoms with Crippen molar-refractivity contribution in [1.82, 2.24) is 0 Å². The van der Waals surface area contributed by atoms with Gasteiger partial charge < -0.3 is 0 Å². The van der Waals surface area contributed by atoms with E-state index in [1.807, 2.05) is 0 Å². The first-order valence-electron chi connectivity index (χ1n) is 7.82. The van der Waals surface area contributed by atoms with Gasteiger partial charge in [-0.25, -0.2) is 0 Å². The summed E-state index contributed by atoms with van der Waals surface area (Å²) in [6.07, 6.45) is 2.38. The van der Waals surface area contributed by atoms with Crippen LogP contribution in [-0.2, 0) is 10.8 Å². The Labute approximate surface area is 129 Å². The summed E-state index contributed by atoms with van der Waals surface area (Å²) in [5.74, 6) is 0. The molecule has 0 unspecified atom stereocenters. The number of fused-ring (bicyclic) bond motifs is 3. The van der Waals surface area contributed by atoms with Gasteiger partial charge in [0.25, 0.3) is 0 Å². The standard InChI is InChI=1S/C21H25/c1-20(2,3)17-11-12-18(21(4,5)6)19-15-10-8-7-9-14(15)13-16(17)19/h7-13H,1-6H3. The monoisotopic (exact) mass is 277 g/mol. The molecule has 0 heteroatoms. The highest BCUT2D eigenvalue weighted by atomic mass is 14.3. The fraction of sp³-hybridized carbons (Fsp3) is 0.381. The predicted octanol–water partition coefficient (Wildman–Crippen LogP) is 5.86. The first-order valence-corrected chi connectivity index (χ1v) is 7.82. The maximum Gasteiger partial charge on any atom is 0.0215 e. The highest BCUT2D eigenvalue weighted by Gasteiger charge is 2.31. The summed E-state index contributed by atoms with van der Waals surface area (Å²) in [4.78, 5) is 0. The molecule has 0 heterocycles. The number of benzene rings is 2. The number of hydrogen-bond acceptors (Lipinski definition) is 0. The van der Waals surface area contributed by atoms with E-state index in [4.69, 9.17) is 0 Å². The van der Waals surface area contributed by atoms with Crippen LogP contribution in [0.4, 0.5) is 0 Å². The van der Waals surface area contributed by atoms with Crippen LogP contribution >= 0.6 is 0 Å². The van der Waals surface area contributed by atoms with Crippen molar-refractivity contribution in [2.75, 3.05) is 0 Å². The van der Waals surface area contributed by atoms with Gasteiger partial charge in [-0.15, -0.1) is 0 Å². The number of hydrogen-bond donors (Lipinski definition) is 0. The van der Waals surface area contributed by atoms with Crippen LogP contribution in [0.3, 0.4) is 0 Å². The van der Waals surface area contributed by atoms with Crippen LogP contribution in [0.25, 0.3) is 11.1 Å². The minimum absolute atomic E-state index is 0.159. The molecule has 0 nitrogen and oxygen atoms in total. The molecule has 1 aliphatic rings. The summed E-state index contributed by atoms with van der Waals surface area (Å²) in [5.41, 5.74) is 8.85. The van der Waals surface area contributed by atoms with Crippen molar-refractivity contribution in [3.8, 4) is 11.1 Å². The third-order valence-electron chi connectivity index (χ3n) is 4.39. The molecule has 1 aliphatic carbocycles. The normalized spacial score (nSPS) is 14.0. The molecule has 0 fully saturated rings. The summed E-state index contributed by atoms with van der Waals surface area (Å²) in [5, 5.41) is 0. The lowest BCUT2D eigenvalue weighted by atomic mass is 9.76. The van der Waals surface area contributed by atoms with Crippen LogP contribution in [-0.4, -0.2) is 0 Å². The molecule has 0 saturated carbocycles. The van der Waals surface area contributed by atoms with E-state index in [0.29, 0.717) is 0 Å². The van der Waals surface area contributed by atoms with Crippen LogP contribution in [0, 0.1) is 6.42 Å². The van der Waals surface area contributed by atoms with E-state index in [1.165, 1.54) is 33.4 Å². The Kier molecular flexibility index (Phi) is 3.06. The summed E-state index contributed by atoms with van der Waals surface area (Å²) >= 11 is 0. The van der Waals surface area contributed by atoms with Gasteiger partial charge in [-0.3, -0.25) is 0 Å². The Bertz CT molecular complexity index is 691. The fourth-order valence-electron chi connectivity index (χ4n) is 3.34. The van der Waals surface area contributed by atoms with Gasteiger partial charge in [-0.2, -0.15) is 0 Å². The van der Waals surface area contributed by atoms with Crippen LogP contribution in [0.1, 0.15) is 63.8 Å². The molecule has 0 N–H and O–H groups in total. The van der Waals surface area contributed by atoms with E-state index in [2.05, 4.69) is 84.4 Å². The van der Waals surface area contributed by atoms with E-state index in [9.17, 15) is 0 Å². The Morgan fingerprint density at radius 1 is 0.667 bits per heavy atom. The molecular weight excluding hydrogens is 252 g/mol. The highest BCUT2D eigenvalue weighted by molar-refractivity contribution is 5.85. The smallest absolute Gasteiger partial charge is 0.0215 e. The Morgan fingerprint density at radius 3 is 1.86 bits per heavy atom. The number of rotatable bonds is 0. The molecule has 0 spiro atoms. The third kappa shape index (κ3) is 2.31. The molecule has 3 rings (SSSR count). The van der Waals surface area contributed by atoms with Crippen LogP contribution in [0.15, 0.2) is 36.4 Å². The molecule has 0 aromatic heterocycles. The quantitative estimate of drug-likeness (QED) is 0.482. The highest BCUT2D eigenvalue weighted by Crippen LogP contribution is 2.47. The van der Waals surface area contributed by atoms with Gasteiger partial charge in [0.05, 0.1) is 0 Å². The predicted molar refractivity (Wildman–Crippen MR) is 91.8 cm³/mol. The van der Waals surface area contributed by atoms with Crippen LogP contribution in [0.2, 0.25) is 0 Å². The molecule has 2 aromatic carbocycles. The average Bonchev–Trinajstić information content (AvgIpc) is 2.74. The van der Waals surface area contributed by atoms with Crippen molar-refractivity contribution in [3.05, 3.63) is 65.1 Å². The van der Waals surface area contributed by atoms with Crippen LogP contribution < -0.4 is 0 Å². The zero-order valence-electron chi connectivity index (χ0n) is 14.0. The van der Waals surface area contributed by atoms with E-state index in [-0.39, 0.29) is 10.8 Å². The lowest BCUT2D eigenvalue weighted by molar-refractivity contribution is 0.576. The maximum absolute atomic E-state index is 2.38. The van der Waals surface area contributed by atoms with Crippen molar-refractivity contribution >= 4 is 0 Å². The Balaban J connectivity index is 2.35. The van der Waals surface area contributed by atoms with Gasteiger partial charge in [0.1, 0.15) is 0 Å². The molecule has 1 radical (unpaired) electrons. The lowest BCUT2D eigenvalue weighted by Crippen LogP contribution is -2.18. The Hall–Kier alpha value is -1.56. The maximum atomic E-state index is 2.38. The summed E-state index contributed by atoms with van der Waals surface area (Å²) < 4.78 is 0. The van der Waals surface area contributed by atoms with Crippen molar-refractivity contribution in [1.29, 1.82) is 0 Å². The van der Waals surface area contributed by atoms with Gasteiger partial charge in [-0.05, 0) is 44.2 Å². The van der Waals surface area contributed by atoms with Crippen molar-refractivity contribution in [2.45, 2.75) is 52.4 Å². The zero-order valence-corrected chi connectivity index (χ0v) is 14.0. The molecule has 0 saturated heterocycles. The largest absolute Gasteiger partial charge is 0.0619 e. The molecule has 0 amide bonds. The zero-order chi connectivity index (χ0) is 15.4. The van der Waals surface area contributed by atoms with Crippen molar-refractivity contribution in [2.24, 2.45) is 0 Å². The van der Waals surface area contributed by atoms with Gasteiger partial charge in [0, 0.05) is 6.42 Å². The van der Waals surface area contributed by atoms with Gasteiger partial charge in [-0.1, -0.05) is 77.9 Å². The van der Waals surface area contributed by atoms with E-state index in [1.54, 1.807) is 0 Å². The van der Waals surface area contributed by atoms with Gasteiger partial charge in [0.15, 0.2) is 0 Å². The van der Waals surface area contributed by atoms with E-state index < -0.39 is 0 Å². The molecule has 0 aliphatic heterocycles. The Morgan fingerprint density at radius 2 is 1.24 bits per heavy atom. The van der Waals surface area contributed by atoms with Gasteiger partial charge in [0.2, 0.25) is 0 Å². The fourth-order valence-corrected chi connectivity index (χ4v) is 3.34. The molecule has 21 heavy (non-hydrogen) atoms. The third-order valence-corrected chi connectivity index (χ3v) is 4.39. The molecular formula is C21H25. The van der Waals surface area contributed by atoms with Crippen molar-refractivity contribution in [3.63, 3.8) is 0 Å². The second kappa shape index (κ2) is 4.47.